The van der Waals surface area contributed by atoms with Gasteiger partial charge in [-0.05, 0) is 52.2 Å². The van der Waals surface area contributed by atoms with Crippen LogP contribution in [0.25, 0.3) is 0 Å². The minimum Gasteiger partial charge on any atom is -0.330 e. The average Bonchev–Trinajstić information content (AvgIpc) is 2.83. The molecule has 2 fully saturated rings. The Morgan fingerprint density at radius 3 is 2.41 bits per heavy atom. The maximum atomic E-state index is 13.1. The van der Waals surface area contributed by atoms with E-state index in [2.05, 4.69) is 5.32 Å². The molecule has 1 aromatic rings. The molecule has 2 aliphatic rings. The van der Waals surface area contributed by atoms with Crippen molar-refractivity contribution in [2.45, 2.75) is 18.4 Å². The predicted octanol–water partition coefficient (Wildman–Crippen LogP) is 1.13. The molecule has 3 amide bonds. The zero-order valence-corrected chi connectivity index (χ0v) is 16.3. The Morgan fingerprint density at radius 2 is 1.81 bits per heavy atom. The first kappa shape index (κ1) is 21.1. The van der Waals surface area contributed by atoms with Crippen molar-refractivity contribution in [3.63, 3.8) is 0 Å². The van der Waals surface area contributed by atoms with Crippen LogP contribution in [0.5, 0.6) is 0 Å². The number of hydroxylamine groups is 2. The Bertz CT molecular complexity index is 692. The maximum absolute atomic E-state index is 13.1. The van der Waals surface area contributed by atoms with Gasteiger partial charge in [-0.25, -0.2) is 9.59 Å². The number of benzene rings is 1. The fraction of sp³-hybridized carbons (Fsp3) is 0.500. The van der Waals surface area contributed by atoms with E-state index in [-0.39, 0.29) is 24.9 Å². The van der Waals surface area contributed by atoms with E-state index in [1.165, 1.54) is 4.90 Å². The van der Waals surface area contributed by atoms with Crippen LogP contribution in [0, 0.1) is 0 Å². The lowest BCUT2D eigenvalue weighted by Crippen LogP contribution is -2.56. The standard InChI is InChI=1S/C18H24N4O4.ClH/c1-20(2)12-13-21-16(24)18(8-10-19-11-9-18)22(17(21)25)26-15(23)14-6-4-3-5-7-14;/h3-7,19H,8-13H2,1-2H3;1H. The van der Waals surface area contributed by atoms with Crippen LogP contribution >= 0.6 is 12.4 Å². The third-order valence-corrected chi connectivity index (χ3v) is 4.82. The predicted molar refractivity (Wildman–Crippen MR) is 101 cm³/mol. The number of carbonyl (C=O) groups is 3. The molecule has 1 N–H and O–H groups in total. The molecule has 0 aliphatic carbocycles. The van der Waals surface area contributed by atoms with Crippen molar-refractivity contribution in [2.75, 3.05) is 40.3 Å². The van der Waals surface area contributed by atoms with Gasteiger partial charge in [-0.1, -0.05) is 18.2 Å². The molecule has 27 heavy (non-hydrogen) atoms. The first-order valence-electron chi connectivity index (χ1n) is 8.75. The average molecular weight is 397 g/mol. The van der Waals surface area contributed by atoms with Gasteiger partial charge in [-0.15, -0.1) is 17.5 Å². The van der Waals surface area contributed by atoms with Crippen molar-refractivity contribution in [2.24, 2.45) is 0 Å². The first-order valence-corrected chi connectivity index (χ1v) is 8.75. The van der Waals surface area contributed by atoms with E-state index in [9.17, 15) is 14.4 Å². The number of nitrogens with one attached hydrogen (secondary N) is 1. The van der Waals surface area contributed by atoms with Gasteiger partial charge in [0.1, 0.15) is 0 Å². The summed E-state index contributed by atoms with van der Waals surface area (Å²) in [5, 5.41) is 4.20. The highest BCUT2D eigenvalue weighted by atomic mass is 35.5. The summed E-state index contributed by atoms with van der Waals surface area (Å²) in [6, 6.07) is 7.89. The smallest absolute Gasteiger partial charge is 0.330 e. The van der Waals surface area contributed by atoms with E-state index in [4.69, 9.17) is 4.84 Å². The molecule has 0 saturated carbocycles. The monoisotopic (exact) mass is 396 g/mol. The normalized spacial score (nSPS) is 18.8. The molecule has 2 saturated heterocycles. The van der Waals surface area contributed by atoms with Crippen LogP contribution in [0.4, 0.5) is 4.79 Å². The molecule has 148 valence electrons. The van der Waals surface area contributed by atoms with Crippen molar-refractivity contribution in [1.82, 2.24) is 20.2 Å². The van der Waals surface area contributed by atoms with Crippen LogP contribution in [0.15, 0.2) is 30.3 Å². The van der Waals surface area contributed by atoms with Gasteiger partial charge in [-0.2, -0.15) is 0 Å². The van der Waals surface area contributed by atoms with Gasteiger partial charge in [-0.3, -0.25) is 9.69 Å². The number of piperidine rings is 1. The van der Waals surface area contributed by atoms with Crippen LogP contribution in [-0.2, 0) is 9.63 Å². The molecule has 8 nitrogen and oxygen atoms in total. The summed E-state index contributed by atoms with van der Waals surface area (Å²) in [5.74, 6) is -0.925. The quantitative estimate of drug-likeness (QED) is 0.751. The molecule has 9 heteroatoms. The topological polar surface area (TPSA) is 82.2 Å². The molecule has 0 radical (unpaired) electrons. The highest BCUT2D eigenvalue weighted by molar-refractivity contribution is 6.07. The van der Waals surface area contributed by atoms with Crippen molar-refractivity contribution in [3.05, 3.63) is 35.9 Å². The zero-order valence-electron chi connectivity index (χ0n) is 15.5. The minimum atomic E-state index is -1.11. The molecule has 0 aromatic heterocycles. The number of carbonyl (C=O) groups excluding carboxylic acids is 3. The van der Waals surface area contributed by atoms with Gasteiger partial charge >= 0.3 is 12.0 Å². The lowest BCUT2D eigenvalue weighted by Gasteiger charge is -2.36. The van der Waals surface area contributed by atoms with Crippen LogP contribution < -0.4 is 5.32 Å². The van der Waals surface area contributed by atoms with E-state index in [0.717, 1.165) is 5.06 Å². The van der Waals surface area contributed by atoms with E-state index in [1.807, 2.05) is 19.0 Å². The molecular formula is C18H25ClN4O4. The molecule has 0 atom stereocenters. The second-order valence-electron chi connectivity index (χ2n) is 6.86. The van der Waals surface area contributed by atoms with Crippen molar-refractivity contribution >= 4 is 30.3 Å². The Hall–Kier alpha value is -2.16. The summed E-state index contributed by atoms with van der Waals surface area (Å²) >= 11 is 0. The van der Waals surface area contributed by atoms with E-state index in [0.29, 0.717) is 38.0 Å². The van der Waals surface area contributed by atoms with Gasteiger partial charge in [0.2, 0.25) is 0 Å². The summed E-state index contributed by atoms with van der Waals surface area (Å²) in [7, 11) is 3.75. The highest BCUT2D eigenvalue weighted by Gasteiger charge is 2.59. The van der Waals surface area contributed by atoms with E-state index < -0.39 is 17.5 Å². The fourth-order valence-electron chi connectivity index (χ4n) is 3.31. The Balaban J connectivity index is 0.00000261. The number of likely N-dealkylation sites (N-methyl/N-ethyl adjacent to an activating group) is 1. The number of hydrogen-bond acceptors (Lipinski definition) is 6. The number of halogens is 1. The molecule has 0 bridgehead atoms. The SMILES string of the molecule is CN(C)CCN1C(=O)N(OC(=O)c2ccccc2)C2(CCNCC2)C1=O.Cl. The number of rotatable bonds is 5. The third-order valence-electron chi connectivity index (χ3n) is 4.82. The highest BCUT2D eigenvalue weighted by Crippen LogP contribution is 2.36. The summed E-state index contributed by atoms with van der Waals surface area (Å²) in [6.07, 6.45) is 0.830. The largest absolute Gasteiger partial charge is 0.363 e. The van der Waals surface area contributed by atoms with Gasteiger partial charge < -0.3 is 15.1 Å². The van der Waals surface area contributed by atoms with Gasteiger partial charge in [0, 0.05) is 13.1 Å². The lowest BCUT2D eigenvalue weighted by molar-refractivity contribution is -0.154. The number of amides is 3. The Morgan fingerprint density at radius 1 is 1.19 bits per heavy atom. The summed E-state index contributed by atoms with van der Waals surface area (Å²) < 4.78 is 0. The zero-order chi connectivity index (χ0) is 18.7. The first-order chi connectivity index (χ1) is 12.5. The maximum Gasteiger partial charge on any atom is 0.363 e. The molecular weight excluding hydrogens is 372 g/mol. The van der Waals surface area contributed by atoms with Crippen LogP contribution in [-0.4, -0.2) is 78.6 Å². The summed E-state index contributed by atoms with van der Waals surface area (Å²) in [5.41, 5.74) is -0.775. The lowest BCUT2D eigenvalue weighted by atomic mass is 9.88. The second-order valence-corrected chi connectivity index (χ2v) is 6.86. The number of nitrogens with zero attached hydrogens (tertiary/aromatic N) is 3. The molecule has 0 unspecified atom stereocenters. The Kier molecular flexibility index (Phi) is 6.80. The number of urea groups is 1. The van der Waals surface area contributed by atoms with E-state index >= 15 is 0 Å². The minimum absolute atomic E-state index is 0. The van der Waals surface area contributed by atoms with Gasteiger partial charge in [0.05, 0.1) is 5.56 Å². The third kappa shape index (κ3) is 4.07. The summed E-state index contributed by atoms with van der Waals surface area (Å²) in [6.45, 7) is 1.98. The molecule has 1 aromatic carbocycles. The molecule has 1 spiro atoms. The van der Waals surface area contributed by atoms with Crippen LogP contribution in [0.3, 0.4) is 0 Å². The molecule has 3 rings (SSSR count). The number of hydrogen-bond donors (Lipinski definition) is 1. The fourth-order valence-corrected chi connectivity index (χ4v) is 3.31. The van der Waals surface area contributed by atoms with Crippen molar-refractivity contribution < 1.29 is 19.2 Å². The number of imide groups is 1. The van der Waals surface area contributed by atoms with Gasteiger partial charge in [0.25, 0.3) is 5.91 Å². The summed E-state index contributed by atoms with van der Waals surface area (Å²) in [4.78, 5) is 47.0. The van der Waals surface area contributed by atoms with Gasteiger partial charge in [0.15, 0.2) is 5.54 Å². The molecule has 2 heterocycles. The van der Waals surface area contributed by atoms with Crippen LogP contribution in [0.1, 0.15) is 23.2 Å². The Labute approximate surface area is 164 Å². The molecule has 2 aliphatic heterocycles. The van der Waals surface area contributed by atoms with E-state index in [1.54, 1.807) is 30.3 Å². The van der Waals surface area contributed by atoms with Crippen molar-refractivity contribution in [3.8, 4) is 0 Å². The second kappa shape index (κ2) is 8.69. The van der Waals surface area contributed by atoms with Crippen molar-refractivity contribution in [1.29, 1.82) is 0 Å². The van der Waals surface area contributed by atoms with Crippen LogP contribution in [0.2, 0.25) is 0 Å².